The number of nitro groups is 1. The number of carboxylic acid groups (broad SMARTS) is 1. The molecule has 11 nitrogen and oxygen atoms in total. The van der Waals surface area contributed by atoms with Gasteiger partial charge >= 0.3 is 11.8 Å². The third-order valence-electron chi connectivity index (χ3n) is 7.81. The molecule has 1 aromatic heterocycles. The van der Waals surface area contributed by atoms with Gasteiger partial charge < -0.3 is 25.0 Å². The van der Waals surface area contributed by atoms with Crippen molar-refractivity contribution >= 4 is 44.3 Å². The molecule has 4 fully saturated rings. The number of benzene rings is 1. The van der Waals surface area contributed by atoms with Gasteiger partial charge in [0.1, 0.15) is 17.8 Å². The highest BCUT2D eigenvalue weighted by atomic mass is 79.9. The summed E-state index contributed by atoms with van der Waals surface area (Å²) < 4.78 is 21.6. The first-order valence-corrected chi connectivity index (χ1v) is 13.0. The Morgan fingerprint density at radius 1 is 1.51 bits per heavy atom. The zero-order valence-corrected chi connectivity index (χ0v) is 21.7. The number of fused-ring (bicyclic) bond motifs is 2. The molecule has 3 aliphatic heterocycles. The van der Waals surface area contributed by atoms with Gasteiger partial charge in [-0.15, -0.1) is 0 Å². The SMILES string of the molecule is CN1CCC[C@H]1COc1nc2c(F)c(Br)c(CCC#N)cc2c(NC2C3CC2N(C(=O)O)C3)c1[N+](=O)[O-]. The summed E-state index contributed by atoms with van der Waals surface area (Å²) in [6.45, 7) is 1.39. The molecule has 37 heavy (non-hydrogen) atoms. The Kier molecular flexibility index (Phi) is 6.80. The minimum atomic E-state index is -1.04. The van der Waals surface area contributed by atoms with E-state index in [-0.39, 0.29) is 70.4 Å². The number of hydrogen-bond donors (Lipinski definition) is 2. The molecule has 2 aromatic rings. The summed E-state index contributed by atoms with van der Waals surface area (Å²) in [6.07, 6.45) is 1.86. The Morgan fingerprint density at radius 3 is 2.92 bits per heavy atom. The van der Waals surface area contributed by atoms with E-state index in [2.05, 4.69) is 31.1 Å². The van der Waals surface area contributed by atoms with E-state index in [1.165, 1.54) is 4.90 Å². The van der Waals surface area contributed by atoms with E-state index in [0.29, 0.717) is 18.5 Å². The molecule has 3 unspecified atom stereocenters. The largest absolute Gasteiger partial charge is 0.471 e. The molecule has 0 radical (unpaired) electrons. The fraction of sp³-hybridized carbons (Fsp3) is 0.542. The van der Waals surface area contributed by atoms with Crippen molar-refractivity contribution in [2.75, 3.05) is 32.1 Å². The summed E-state index contributed by atoms with van der Waals surface area (Å²) in [5, 5.41) is 34.3. The summed E-state index contributed by atoms with van der Waals surface area (Å²) in [6, 6.07) is 3.00. The summed E-state index contributed by atoms with van der Waals surface area (Å²) in [7, 11) is 1.95. The molecule has 4 heterocycles. The number of anilines is 1. The molecular formula is C24H26BrFN6O5. The van der Waals surface area contributed by atoms with Crippen LogP contribution in [0.2, 0.25) is 0 Å². The van der Waals surface area contributed by atoms with Gasteiger partial charge in [-0.05, 0) is 66.8 Å². The van der Waals surface area contributed by atoms with Crippen molar-refractivity contribution in [3.8, 4) is 11.9 Å². The first-order chi connectivity index (χ1) is 17.7. The van der Waals surface area contributed by atoms with Gasteiger partial charge in [0, 0.05) is 30.3 Å². The van der Waals surface area contributed by atoms with E-state index in [0.717, 1.165) is 19.4 Å². The molecule has 2 bridgehead atoms. The van der Waals surface area contributed by atoms with Crippen LogP contribution < -0.4 is 10.1 Å². The van der Waals surface area contributed by atoms with Crippen molar-refractivity contribution < 1.29 is 24.0 Å². The quantitative estimate of drug-likeness (QED) is 0.349. The van der Waals surface area contributed by atoms with Crippen LogP contribution in [0.5, 0.6) is 5.88 Å². The molecule has 3 saturated heterocycles. The van der Waals surface area contributed by atoms with Gasteiger partial charge in [0.2, 0.25) is 0 Å². The zero-order chi connectivity index (χ0) is 26.4. The third kappa shape index (κ3) is 4.42. The molecule has 196 valence electrons. The first-order valence-electron chi connectivity index (χ1n) is 12.2. The average Bonchev–Trinajstić information content (AvgIpc) is 3.57. The van der Waals surface area contributed by atoms with Crippen LogP contribution in [0.25, 0.3) is 10.9 Å². The lowest BCUT2D eigenvalue weighted by Crippen LogP contribution is -2.49. The van der Waals surface area contributed by atoms with Crippen LogP contribution in [0.3, 0.4) is 0 Å². The van der Waals surface area contributed by atoms with E-state index in [1.54, 1.807) is 6.07 Å². The lowest BCUT2D eigenvalue weighted by atomic mass is 9.79. The number of nitriles is 1. The molecule has 6 rings (SSSR count). The Hall–Kier alpha value is -3.24. The summed E-state index contributed by atoms with van der Waals surface area (Å²) >= 11 is 3.26. The Balaban J connectivity index is 1.62. The minimum Gasteiger partial charge on any atom is -0.471 e. The number of carbonyl (C=O) groups is 1. The van der Waals surface area contributed by atoms with Crippen LogP contribution in [0, 0.1) is 33.2 Å². The molecule has 4 aliphatic rings. The van der Waals surface area contributed by atoms with Gasteiger partial charge in [-0.1, -0.05) is 0 Å². The smallest absolute Gasteiger partial charge is 0.407 e. The van der Waals surface area contributed by atoms with Crippen LogP contribution in [-0.2, 0) is 6.42 Å². The number of aryl methyl sites for hydroxylation is 1. The van der Waals surface area contributed by atoms with Crippen molar-refractivity contribution in [3.63, 3.8) is 0 Å². The highest BCUT2D eigenvalue weighted by molar-refractivity contribution is 9.10. The second-order valence-electron chi connectivity index (χ2n) is 9.87. The number of amides is 1. The van der Waals surface area contributed by atoms with E-state index in [4.69, 9.17) is 10.00 Å². The number of rotatable bonds is 8. The number of likely N-dealkylation sites (N-methyl/N-ethyl adjacent to an activating group) is 1. The molecule has 13 heteroatoms. The summed E-state index contributed by atoms with van der Waals surface area (Å²) in [5.41, 5.74) is 0.0310. The maximum atomic E-state index is 15.6. The normalized spacial score (nSPS) is 24.6. The zero-order valence-electron chi connectivity index (χ0n) is 20.1. The second kappa shape index (κ2) is 9.90. The van der Waals surface area contributed by atoms with E-state index < -0.39 is 22.5 Å². The lowest BCUT2D eigenvalue weighted by molar-refractivity contribution is -0.385. The van der Waals surface area contributed by atoms with Crippen LogP contribution >= 0.6 is 15.9 Å². The van der Waals surface area contributed by atoms with E-state index in [1.807, 2.05) is 13.1 Å². The van der Waals surface area contributed by atoms with E-state index in [9.17, 15) is 20.0 Å². The molecule has 0 spiro atoms. The number of nitrogens with one attached hydrogen (secondary N) is 1. The van der Waals surface area contributed by atoms with Crippen molar-refractivity contribution in [1.82, 2.24) is 14.8 Å². The summed E-state index contributed by atoms with van der Waals surface area (Å²) in [4.78, 5) is 31.1. The third-order valence-corrected chi connectivity index (χ3v) is 8.66. The molecule has 1 aliphatic carbocycles. The molecule has 1 aromatic carbocycles. The topological polar surface area (TPSA) is 145 Å². The standard InChI is InChI=1S/C24H26BrFN6O5/c1-30-7-3-5-14(30)11-37-23-22(32(35)36)21(28-19-13-9-16(19)31(10-13)24(33)34)15-8-12(4-2-6-27)17(25)18(26)20(15)29-23/h8,13-14,16,19H,2-5,7,9-11H2,1H3,(H,28,29)(H,33,34)/t13?,14-,16?,19?/m0/s1. The van der Waals surface area contributed by atoms with Gasteiger partial charge in [-0.2, -0.15) is 5.26 Å². The van der Waals surface area contributed by atoms with Crippen molar-refractivity contribution in [3.05, 3.63) is 32.0 Å². The maximum absolute atomic E-state index is 15.6. The number of hydrogen-bond acceptors (Lipinski definition) is 8. The molecule has 2 N–H and O–H groups in total. The van der Waals surface area contributed by atoms with Gasteiger partial charge in [-0.3, -0.25) is 10.1 Å². The summed E-state index contributed by atoms with van der Waals surface area (Å²) in [5.74, 6) is -0.994. The number of halogens is 2. The monoisotopic (exact) mass is 576 g/mol. The molecule has 1 saturated carbocycles. The first kappa shape index (κ1) is 25.4. The maximum Gasteiger partial charge on any atom is 0.407 e. The fourth-order valence-corrected chi connectivity index (χ4v) is 6.23. The number of pyridine rings is 1. The predicted molar refractivity (Wildman–Crippen MR) is 135 cm³/mol. The van der Waals surface area contributed by atoms with Crippen LogP contribution in [0.4, 0.5) is 20.6 Å². The predicted octanol–water partition coefficient (Wildman–Crippen LogP) is 4.14. The molecule has 1 amide bonds. The van der Waals surface area contributed by atoms with Crippen LogP contribution in [0.15, 0.2) is 10.5 Å². The van der Waals surface area contributed by atoms with Gasteiger partial charge in [0.05, 0.1) is 27.5 Å². The number of nitrogens with zero attached hydrogens (tertiary/aromatic N) is 5. The highest BCUT2D eigenvalue weighted by Gasteiger charge is 2.54. The van der Waals surface area contributed by atoms with Gasteiger partial charge in [0.15, 0.2) is 5.82 Å². The van der Waals surface area contributed by atoms with E-state index >= 15 is 4.39 Å². The Morgan fingerprint density at radius 2 is 2.30 bits per heavy atom. The van der Waals surface area contributed by atoms with Gasteiger partial charge in [-0.25, -0.2) is 14.2 Å². The highest BCUT2D eigenvalue weighted by Crippen LogP contribution is 2.48. The molecular weight excluding hydrogens is 551 g/mol. The van der Waals surface area contributed by atoms with Crippen molar-refractivity contribution in [2.45, 2.75) is 50.2 Å². The fourth-order valence-electron chi connectivity index (χ4n) is 5.73. The van der Waals surface area contributed by atoms with Crippen LogP contribution in [0.1, 0.15) is 31.2 Å². The second-order valence-corrected chi connectivity index (χ2v) is 10.7. The number of aromatic nitrogens is 1. The van der Waals surface area contributed by atoms with Gasteiger partial charge in [0.25, 0.3) is 5.88 Å². The van der Waals surface area contributed by atoms with Crippen molar-refractivity contribution in [1.29, 1.82) is 5.26 Å². The lowest BCUT2D eigenvalue weighted by Gasteiger charge is -2.37. The Labute approximate surface area is 220 Å². The van der Waals surface area contributed by atoms with Crippen LogP contribution in [-0.4, -0.2) is 75.8 Å². The average molecular weight is 577 g/mol. The number of likely N-dealkylation sites (tertiary alicyclic amines) is 1. The van der Waals surface area contributed by atoms with Crippen molar-refractivity contribution in [2.24, 2.45) is 5.92 Å². The number of ether oxygens (including phenoxy) is 1. The molecule has 4 atom stereocenters. The Bertz CT molecular complexity index is 1320. The minimum absolute atomic E-state index is 0.0150.